The highest BCUT2D eigenvalue weighted by Crippen LogP contribution is 2.27. The zero-order valence-electron chi connectivity index (χ0n) is 9.30. The lowest BCUT2D eigenvalue weighted by atomic mass is 10.1. The van der Waals surface area contributed by atoms with Gasteiger partial charge in [-0.15, -0.1) is 0 Å². The van der Waals surface area contributed by atoms with E-state index in [2.05, 4.69) is 10.6 Å². The molecule has 0 spiro atoms. The molecule has 2 rings (SSSR count). The van der Waals surface area contributed by atoms with E-state index in [1.807, 2.05) is 6.07 Å². The maximum atomic E-state index is 11.4. The summed E-state index contributed by atoms with van der Waals surface area (Å²) in [6, 6.07) is 5.46. The predicted molar refractivity (Wildman–Crippen MR) is 70.7 cm³/mol. The van der Waals surface area contributed by atoms with E-state index in [1.54, 1.807) is 12.1 Å². The van der Waals surface area contributed by atoms with Gasteiger partial charge in [0.05, 0.1) is 10.7 Å². The normalized spacial score (nSPS) is 20.6. The molecule has 1 saturated heterocycles. The first-order valence-corrected chi connectivity index (χ1v) is 6.39. The first-order chi connectivity index (χ1) is 8.15. The molecule has 5 heteroatoms. The summed E-state index contributed by atoms with van der Waals surface area (Å²) in [5, 5.41) is 7.34. The van der Waals surface area contributed by atoms with Crippen LogP contribution in [0.3, 0.4) is 0 Å². The smallest absolute Gasteiger partial charge is 0.222 e. The van der Waals surface area contributed by atoms with Crippen LogP contribution in [0.15, 0.2) is 18.2 Å². The van der Waals surface area contributed by atoms with Crippen molar-refractivity contribution in [2.45, 2.75) is 25.3 Å². The van der Waals surface area contributed by atoms with Crippen molar-refractivity contribution in [3.05, 3.63) is 28.2 Å². The number of carbonyl (C=O) groups is 1. The molecule has 1 aliphatic heterocycles. The summed E-state index contributed by atoms with van der Waals surface area (Å²) >= 11 is 11.9. The molecule has 0 aromatic heterocycles. The quantitative estimate of drug-likeness (QED) is 0.869. The second-order valence-electron chi connectivity index (χ2n) is 4.16. The minimum absolute atomic E-state index is 0.0880. The largest absolute Gasteiger partial charge is 0.381 e. The van der Waals surface area contributed by atoms with Crippen LogP contribution in [0.25, 0.3) is 0 Å². The summed E-state index contributed by atoms with van der Waals surface area (Å²) < 4.78 is 0. The maximum absolute atomic E-state index is 11.4. The van der Waals surface area contributed by atoms with Gasteiger partial charge in [-0.3, -0.25) is 4.79 Å². The van der Waals surface area contributed by atoms with Crippen molar-refractivity contribution in [2.24, 2.45) is 0 Å². The Morgan fingerprint density at radius 1 is 1.35 bits per heavy atom. The summed E-state index contributed by atoms with van der Waals surface area (Å²) in [5.74, 6) is 0.0880. The van der Waals surface area contributed by atoms with Gasteiger partial charge in [-0.2, -0.15) is 0 Å². The lowest BCUT2D eigenvalue weighted by Crippen LogP contribution is -2.26. The Balaban J connectivity index is 2.06. The van der Waals surface area contributed by atoms with Gasteiger partial charge in [-0.05, 0) is 31.0 Å². The lowest BCUT2D eigenvalue weighted by Gasteiger charge is -2.17. The molecule has 0 bridgehead atoms. The van der Waals surface area contributed by atoms with Crippen LogP contribution in [-0.4, -0.2) is 18.5 Å². The van der Waals surface area contributed by atoms with E-state index in [0.29, 0.717) is 16.5 Å². The Kier molecular flexibility index (Phi) is 4.13. The van der Waals surface area contributed by atoms with Crippen LogP contribution in [0.4, 0.5) is 5.69 Å². The van der Waals surface area contributed by atoms with Crippen molar-refractivity contribution < 1.29 is 4.79 Å². The Bertz CT molecular complexity index is 423. The Morgan fingerprint density at radius 3 is 2.94 bits per heavy atom. The van der Waals surface area contributed by atoms with E-state index >= 15 is 0 Å². The second kappa shape index (κ2) is 5.61. The van der Waals surface area contributed by atoms with Gasteiger partial charge in [-0.25, -0.2) is 0 Å². The zero-order valence-corrected chi connectivity index (χ0v) is 10.8. The van der Waals surface area contributed by atoms with Gasteiger partial charge >= 0.3 is 0 Å². The third kappa shape index (κ3) is 3.51. The van der Waals surface area contributed by atoms with Gasteiger partial charge < -0.3 is 10.6 Å². The molecule has 1 amide bonds. The first-order valence-electron chi connectivity index (χ1n) is 5.63. The van der Waals surface area contributed by atoms with Gasteiger partial charge in [0.25, 0.3) is 0 Å². The van der Waals surface area contributed by atoms with Crippen LogP contribution in [0.5, 0.6) is 0 Å². The number of carbonyl (C=O) groups excluding carboxylic acids is 1. The number of anilines is 1. The average Bonchev–Trinajstić information content (AvgIpc) is 2.47. The van der Waals surface area contributed by atoms with Crippen molar-refractivity contribution in [3.63, 3.8) is 0 Å². The van der Waals surface area contributed by atoms with Crippen molar-refractivity contribution in [2.75, 3.05) is 11.9 Å². The van der Waals surface area contributed by atoms with E-state index in [0.717, 1.165) is 25.1 Å². The number of rotatable bonds is 2. The monoisotopic (exact) mass is 272 g/mol. The minimum Gasteiger partial charge on any atom is -0.381 e. The van der Waals surface area contributed by atoms with Gasteiger partial charge in [0, 0.05) is 24.0 Å². The van der Waals surface area contributed by atoms with Crippen LogP contribution in [0.2, 0.25) is 10.0 Å². The van der Waals surface area contributed by atoms with Gasteiger partial charge in [0.1, 0.15) is 0 Å². The van der Waals surface area contributed by atoms with Crippen molar-refractivity contribution in [1.29, 1.82) is 0 Å². The fourth-order valence-corrected chi connectivity index (χ4v) is 2.39. The lowest BCUT2D eigenvalue weighted by molar-refractivity contribution is -0.120. The van der Waals surface area contributed by atoms with Crippen LogP contribution >= 0.6 is 23.2 Å². The first kappa shape index (κ1) is 12.5. The summed E-state index contributed by atoms with van der Waals surface area (Å²) in [6.45, 7) is 0.755. The fourth-order valence-electron chi connectivity index (χ4n) is 1.92. The molecule has 1 aromatic carbocycles. The van der Waals surface area contributed by atoms with Gasteiger partial charge in [0.2, 0.25) is 5.91 Å². The van der Waals surface area contributed by atoms with Gasteiger partial charge in [0.15, 0.2) is 0 Å². The summed E-state index contributed by atoms with van der Waals surface area (Å²) in [4.78, 5) is 11.4. The van der Waals surface area contributed by atoms with E-state index in [-0.39, 0.29) is 11.9 Å². The second-order valence-corrected chi connectivity index (χ2v) is 5.01. The molecule has 1 aromatic rings. The van der Waals surface area contributed by atoms with Crippen molar-refractivity contribution in [1.82, 2.24) is 5.32 Å². The summed E-state index contributed by atoms with van der Waals surface area (Å²) in [5.41, 5.74) is 0.829. The average molecular weight is 273 g/mol. The Morgan fingerprint density at radius 2 is 2.18 bits per heavy atom. The molecular weight excluding hydrogens is 259 g/mol. The highest BCUT2D eigenvalue weighted by Gasteiger charge is 2.17. The molecule has 92 valence electrons. The summed E-state index contributed by atoms with van der Waals surface area (Å²) in [6.07, 6.45) is 2.42. The van der Waals surface area contributed by atoms with Crippen LogP contribution in [0.1, 0.15) is 19.3 Å². The van der Waals surface area contributed by atoms with Crippen LogP contribution in [-0.2, 0) is 4.79 Å². The predicted octanol–water partition coefficient (Wildman–Crippen LogP) is 3.07. The number of halogens is 2. The molecule has 3 nitrogen and oxygen atoms in total. The van der Waals surface area contributed by atoms with E-state index in [4.69, 9.17) is 23.2 Å². The molecule has 0 radical (unpaired) electrons. The molecule has 2 N–H and O–H groups in total. The third-order valence-electron chi connectivity index (χ3n) is 2.77. The van der Waals surface area contributed by atoms with Crippen molar-refractivity contribution in [3.8, 4) is 0 Å². The molecule has 17 heavy (non-hydrogen) atoms. The van der Waals surface area contributed by atoms with E-state index < -0.39 is 0 Å². The zero-order chi connectivity index (χ0) is 12.3. The highest BCUT2D eigenvalue weighted by molar-refractivity contribution is 6.36. The van der Waals surface area contributed by atoms with Crippen molar-refractivity contribution >= 4 is 34.8 Å². The van der Waals surface area contributed by atoms with E-state index in [9.17, 15) is 4.79 Å². The highest BCUT2D eigenvalue weighted by atomic mass is 35.5. The molecule has 1 fully saturated rings. The maximum Gasteiger partial charge on any atom is 0.222 e. The molecule has 0 saturated carbocycles. The fraction of sp³-hybridized carbons (Fsp3) is 0.417. The van der Waals surface area contributed by atoms with Crippen LogP contribution < -0.4 is 10.6 Å². The third-order valence-corrected chi connectivity index (χ3v) is 3.32. The number of amides is 1. The Labute approximate surface area is 110 Å². The Hall–Kier alpha value is -0.930. The SMILES string of the molecule is O=C1CC(Nc2ccc(Cl)cc2Cl)CCCN1. The standard InChI is InChI=1S/C12H14Cl2N2O/c13-8-3-4-11(10(14)6-8)16-9-2-1-5-15-12(17)7-9/h3-4,6,9,16H,1-2,5,7H2,(H,15,17). The molecular formula is C12H14Cl2N2O. The molecule has 0 aliphatic carbocycles. The molecule has 1 aliphatic rings. The topological polar surface area (TPSA) is 41.1 Å². The summed E-state index contributed by atoms with van der Waals surface area (Å²) in [7, 11) is 0. The van der Waals surface area contributed by atoms with Gasteiger partial charge in [-0.1, -0.05) is 23.2 Å². The molecule has 1 heterocycles. The number of hydrogen-bond acceptors (Lipinski definition) is 2. The van der Waals surface area contributed by atoms with Crippen LogP contribution in [0, 0.1) is 0 Å². The number of benzene rings is 1. The number of nitrogens with one attached hydrogen (secondary N) is 2. The number of hydrogen-bond donors (Lipinski definition) is 2. The molecule has 1 atom stereocenters. The minimum atomic E-state index is 0.0880. The van der Waals surface area contributed by atoms with E-state index in [1.165, 1.54) is 0 Å². The molecule has 1 unspecified atom stereocenters.